The van der Waals surface area contributed by atoms with Gasteiger partial charge in [0.15, 0.2) is 24.4 Å². The number of halogens is 2. The van der Waals surface area contributed by atoms with E-state index in [-0.39, 0.29) is 46.5 Å². The number of aliphatic hydroxyl groups is 7. The van der Waals surface area contributed by atoms with Crippen LogP contribution in [0.1, 0.15) is 111 Å². The van der Waals surface area contributed by atoms with Gasteiger partial charge < -0.3 is 74.4 Å². The normalized spacial score (nSPS) is 30.2. The van der Waals surface area contributed by atoms with Gasteiger partial charge in [-0.05, 0) is 90.0 Å². The van der Waals surface area contributed by atoms with Crippen molar-refractivity contribution < 1.29 is 88.8 Å². The van der Waals surface area contributed by atoms with Gasteiger partial charge in [0.1, 0.15) is 41.3 Å². The second-order valence-corrected chi connectivity index (χ2v) is 18.2. The summed E-state index contributed by atoms with van der Waals surface area (Å²) in [6.45, 7) is 16.6. The number of ether oxygens (including phenoxy) is 6. The van der Waals surface area contributed by atoms with Gasteiger partial charge in [0, 0.05) is 33.5 Å². The molecule has 0 aromatic heterocycles. The maximum Gasteiger partial charge on any atom is 0.336 e. The summed E-state index contributed by atoms with van der Waals surface area (Å²) < 4.78 is 33.0. The topological polar surface area (TPSA) is 289 Å². The minimum atomic E-state index is -1.26. The highest BCUT2D eigenvalue weighted by Crippen LogP contribution is 2.43. The Morgan fingerprint density at radius 2 is 1.55 bits per heavy atom. The van der Waals surface area contributed by atoms with Crippen LogP contribution < -0.4 is 0 Å². The number of allylic oxidation sites excluding steroid dienone is 4. The Bertz CT molecular complexity index is 2000. The largest absolute Gasteiger partial charge is 0.505 e. The van der Waals surface area contributed by atoms with Crippen LogP contribution in [0.4, 0.5) is 0 Å². The van der Waals surface area contributed by atoms with Gasteiger partial charge in [-0.25, -0.2) is 4.79 Å². The van der Waals surface area contributed by atoms with Gasteiger partial charge in [0.2, 0.25) is 0 Å². The van der Waals surface area contributed by atoms with E-state index < -0.39 is 103 Å². The number of methoxy groups -OCH3 is 2. The van der Waals surface area contributed by atoms with Gasteiger partial charge in [-0.3, -0.25) is 9.59 Å². The number of aliphatic hydroxyl groups excluding tert-OH is 7. The summed E-state index contributed by atoms with van der Waals surface area (Å²) in [5.74, 6) is -2.29. The molecular weight excluding hydrogens is 971 g/mol. The highest BCUT2D eigenvalue weighted by molar-refractivity contribution is 6.39. The Morgan fingerprint density at radius 1 is 0.930 bits per heavy atom. The number of aromatic hydroxyl groups is 2. The predicted molar refractivity (Wildman–Crippen MR) is 267 cm³/mol. The maximum absolute atomic E-state index is 13.4. The van der Waals surface area contributed by atoms with E-state index >= 15 is 0 Å². The van der Waals surface area contributed by atoms with Crippen LogP contribution in [0.3, 0.4) is 0 Å². The summed E-state index contributed by atoms with van der Waals surface area (Å²) in [7, 11) is 2.90. The third-order valence-corrected chi connectivity index (χ3v) is 12.7. The summed E-state index contributed by atoms with van der Waals surface area (Å²) in [4.78, 5) is 34.7. The fourth-order valence-corrected chi connectivity index (χ4v) is 8.10. The van der Waals surface area contributed by atoms with Crippen molar-refractivity contribution in [1.29, 1.82) is 0 Å². The van der Waals surface area contributed by atoms with Crippen LogP contribution in [0.15, 0.2) is 58.7 Å². The first kappa shape index (κ1) is 65.3. The molecule has 71 heavy (non-hydrogen) atoms. The van der Waals surface area contributed by atoms with Crippen LogP contribution in [0, 0.1) is 5.92 Å². The zero-order chi connectivity index (χ0) is 54.4. The summed E-state index contributed by atoms with van der Waals surface area (Å²) >= 11 is 11.3. The lowest BCUT2D eigenvalue weighted by molar-refractivity contribution is -0.299. The lowest BCUT2D eigenvalue weighted by Gasteiger charge is -2.42. The Labute approximate surface area is 427 Å². The van der Waals surface area contributed by atoms with Gasteiger partial charge in [0.25, 0.3) is 0 Å². The number of cyclic esters (lactones) is 1. The zero-order valence-corrected chi connectivity index (χ0v) is 44.3. The Morgan fingerprint density at radius 3 is 2.06 bits per heavy atom. The minimum Gasteiger partial charge on any atom is -0.505 e. The molecule has 9 N–H and O–H groups in total. The van der Waals surface area contributed by atoms with E-state index in [1.807, 2.05) is 45.9 Å². The maximum atomic E-state index is 13.4. The second-order valence-electron chi connectivity index (χ2n) is 17.4. The van der Waals surface area contributed by atoms with E-state index in [1.165, 1.54) is 34.1 Å². The third-order valence-electron chi connectivity index (χ3n) is 11.9. The highest BCUT2D eigenvalue weighted by atomic mass is 35.5. The van der Waals surface area contributed by atoms with Crippen LogP contribution in [-0.2, 0) is 44.4 Å². The van der Waals surface area contributed by atoms with E-state index in [2.05, 4.69) is 0 Å². The SMILES string of the molecule is CCC(O)C(O)C(OC(C)=O)C(C)O.CCC1/C=C(\C)C(O)C/C=C/C=C(\COC2OC(C)C(OC)C(O)C2OC)C(=O)OC(C(C)O)C/C=C(C)/C=C(\C)C1O.CCc1c(Cl)c(O)c(Cl)c(O)c1C=O. The standard InChI is InChI=1S/C33H52O10.C9H8Cl2O3.C9H18O5/c1-9-24-17-20(3)26(35)13-11-10-12-25(18-41-33-31(40-8)29(37)30(39-7)23(6)42-33)32(38)43-27(22(5)34)15-14-19(2)16-21(4)28(24)36;1-2-4-5(3-12)8(13)7(11)9(14)6(4)10;1-4-7(12)8(13)9(5(2)10)14-6(3)11/h10-12,14,16-17,22-24,26-31,33-37H,9,13,15,18H2,1-8H3;3,13-14H,2H2,1H3;5,7-10,12-13H,4H2,1-3H3/b11-10+,19-14+,20-17+,21-16+,25-12+;;. The average Bonchev–Trinajstić information content (AvgIpc) is 3.32. The molecule has 0 radical (unpaired) electrons. The molecule has 1 fully saturated rings. The van der Waals surface area contributed by atoms with Crippen molar-refractivity contribution in [2.45, 2.75) is 181 Å². The van der Waals surface area contributed by atoms with Crippen LogP contribution >= 0.6 is 23.2 Å². The van der Waals surface area contributed by atoms with Crippen molar-refractivity contribution in [1.82, 2.24) is 0 Å². The molecule has 3 rings (SSSR count). The number of phenolic OH excluding ortho intramolecular Hbond substituents is 2. The first-order chi connectivity index (χ1) is 33.3. The van der Waals surface area contributed by atoms with Crippen LogP contribution in [0.2, 0.25) is 10.0 Å². The van der Waals surface area contributed by atoms with E-state index in [1.54, 1.807) is 39.8 Å². The molecule has 0 aliphatic carbocycles. The van der Waals surface area contributed by atoms with Crippen molar-refractivity contribution >= 4 is 41.4 Å². The molecule has 1 saturated heterocycles. The zero-order valence-electron chi connectivity index (χ0n) is 42.8. The summed E-state index contributed by atoms with van der Waals surface area (Å²) in [5, 5.41) is 89.4. The van der Waals surface area contributed by atoms with Crippen molar-refractivity contribution in [3.63, 3.8) is 0 Å². The molecule has 14 unspecified atom stereocenters. The first-order valence-electron chi connectivity index (χ1n) is 23.5. The van der Waals surface area contributed by atoms with E-state index in [0.29, 0.717) is 31.1 Å². The predicted octanol–water partition coefficient (Wildman–Crippen LogP) is 5.50. The summed E-state index contributed by atoms with van der Waals surface area (Å²) in [6, 6.07) is 0. The molecule has 2 aliphatic heterocycles. The molecule has 2 aliphatic rings. The number of phenols is 2. The number of rotatable bonds is 14. The van der Waals surface area contributed by atoms with Crippen molar-refractivity contribution in [3.8, 4) is 11.5 Å². The Kier molecular flexibility index (Phi) is 29.8. The molecule has 0 spiro atoms. The van der Waals surface area contributed by atoms with Gasteiger partial charge in [-0.15, -0.1) is 0 Å². The van der Waals surface area contributed by atoms with Gasteiger partial charge in [-0.2, -0.15) is 0 Å². The summed E-state index contributed by atoms with van der Waals surface area (Å²) in [6.07, 6.45) is 1.30. The fraction of sp³-hybridized carbons (Fsp3) is 0.627. The molecule has 0 amide bonds. The van der Waals surface area contributed by atoms with Gasteiger partial charge in [0.05, 0.1) is 59.4 Å². The number of esters is 2. The number of hydrogen-bond donors (Lipinski definition) is 9. The molecule has 0 saturated carbocycles. The van der Waals surface area contributed by atoms with E-state index in [9.17, 15) is 60.3 Å². The number of hydrogen-bond acceptors (Lipinski definition) is 18. The molecule has 0 bridgehead atoms. The lowest BCUT2D eigenvalue weighted by Crippen LogP contribution is -2.58. The second kappa shape index (κ2) is 32.5. The fourth-order valence-electron chi connectivity index (χ4n) is 7.52. The van der Waals surface area contributed by atoms with Gasteiger partial charge in [-0.1, -0.05) is 79.9 Å². The summed E-state index contributed by atoms with van der Waals surface area (Å²) in [5.41, 5.74) is 2.92. The number of benzene rings is 1. The van der Waals surface area contributed by atoms with Crippen molar-refractivity contribution in [2.24, 2.45) is 5.92 Å². The molecule has 14 atom stereocenters. The van der Waals surface area contributed by atoms with Crippen molar-refractivity contribution in [2.75, 3.05) is 20.8 Å². The first-order valence-corrected chi connectivity index (χ1v) is 24.3. The average molecular weight is 1050 g/mol. The molecular formula is C51H78Cl2O18. The molecule has 404 valence electrons. The molecule has 2 heterocycles. The molecule has 18 nitrogen and oxygen atoms in total. The van der Waals surface area contributed by atoms with E-state index in [0.717, 1.165) is 16.7 Å². The van der Waals surface area contributed by atoms with Crippen molar-refractivity contribution in [3.05, 3.63) is 79.9 Å². The van der Waals surface area contributed by atoms with Gasteiger partial charge >= 0.3 is 11.9 Å². The molecule has 1 aromatic carbocycles. The third kappa shape index (κ3) is 19.9. The Balaban J connectivity index is 0.000000726. The van der Waals surface area contributed by atoms with Crippen LogP contribution in [-0.4, -0.2) is 165 Å². The monoisotopic (exact) mass is 1050 g/mol. The quantitative estimate of drug-likeness (QED) is 0.0631. The van der Waals surface area contributed by atoms with Crippen LogP contribution in [0.25, 0.3) is 0 Å². The lowest BCUT2D eigenvalue weighted by atomic mass is 9.90. The van der Waals surface area contributed by atoms with Crippen LogP contribution in [0.5, 0.6) is 11.5 Å². The number of aldehydes is 1. The number of carbonyl (C=O) groups is 3. The molecule has 20 heteroatoms. The Hall–Kier alpha value is -3.73. The minimum absolute atomic E-state index is 0.0115. The highest BCUT2D eigenvalue weighted by Gasteiger charge is 2.45. The van der Waals surface area contributed by atoms with E-state index in [4.69, 9.17) is 51.6 Å². The molecule has 1 aromatic rings. The number of carbonyl (C=O) groups excluding carboxylic acids is 3. The smallest absolute Gasteiger partial charge is 0.336 e.